The zero-order chi connectivity index (χ0) is 14.5. The van der Waals surface area contributed by atoms with Gasteiger partial charge in [0.2, 0.25) is 0 Å². The van der Waals surface area contributed by atoms with Gasteiger partial charge in [-0.3, -0.25) is 15.1 Å². The molecule has 106 valence electrons. The van der Waals surface area contributed by atoms with Gasteiger partial charge in [-0.1, -0.05) is 0 Å². The van der Waals surface area contributed by atoms with E-state index in [4.69, 9.17) is 4.74 Å². The van der Waals surface area contributed by atoms with Crippen LogP contribution in [0.4, 0.5) is 11.4 Å². The van der Waals surface area contributed by atoms with Crippen molar-refractivity contribution in [3.05, 3.63) is 40.2 Å². The molecule has 0 unspecified atom stereocenters. The maximum Gasteiger partial charge on any atom is 0.278 e. The molecule has 2 aromatic rings. The number of aryl methyl sites for hydroxylation is 1. The number of nitrogens with one attached hydrogen (secondary N) is 1. The van der Waals surface area contributed by atoms with Crippen molar-refractivity contribution in [2.45, 2.75) is 13.3 Å². The smallest absolute Gasteiger partial charge is 0.278 e. The third kappa shape index (κ3) is 3.03. The maximum atomic E-state index is 11.1. The molecule has 1 aromatic heterocycles. The van der Waals surface area contributed by atoms with Crippen molar-refractivity contribution >= 4 is 22.1 Å². The van der Waals surface area contributed by atoms with Crippen molar-refractivity contribution in [2.75, 3.05) is 25.6 Å². The molecule has 0 atom stereocenters. The standard InChI is InChI=1S/C14H17N3O3/c1-10-8-11-12(9-16-10)14(17(18)19)5-4-13(11)15-6-3-7-20-2/h4-5,8-9,15H,3,6-7H2,1-2H3. The van der Waals surface area contributed by atoms with E-state index in [2.05, 4.69) is 10.3 Å². The fourth-order valence-corrected chi connectivity index (χ4v) is 2.08. The Bertz CT molecular complexity index is 628. The number of aromatic nitrogens is 1. The minimum atomic E-state index is -0.381. The number of ether oxygens (including phenoxy) is 1. The van der Waals surface area contributed by atoms with Crippen molar-refractivity contribution in [3.8, 4) is 0 Å². The number of hydrogen-bond acceptors (Lipinski definition) is 5. The van der Waals surface area contributed by atoms with Gasteiger partial charge < -0.3 is 10.1 Å². The second kappa shape index (κ2) is 6.29. The zero-order valence-corrected chi connectivity index (χ0v) is 11.5. The maximum absolute atomic E-state index is 11.1. The summed E-state index contributed by atoms with van der Waals surface area (Å²) in [7, 11) is 1.66. The monoisotopic (exact) mass is 275 g/mol. The van der Waals surface area contributed by atoms with Gasteiger partial charge in [-0.2, -0.15) is 0 Å². The van der Waals surface area contributed by atoms with Gasteiger partial charge in [-0.05, 0) is 25.5 Å². The molecule has 2 rings (SSSR count). The molecule has 1 heterocycles. The van der Waals surface area contributed by atoms with Crippen LogP contribution in [0.15, 0.2) is 24.4 Å². The summed E-state index contributed by atoms with van der Waals surface area (Å²) in [5.41, 5.74) is 1.79. The highest BCUT2D eigenvalue weighted by Crippen LogP contribution is 2.31. The van der Waals surface area contributed by atoms with E-state index < -0.39 is 0 Å². The summed E-state index contributed by atoms with van der Waals surface area (Å²) in [5, 5.41) is 15.7. The molecule has 6 heteroatoms. The molecule has 0 saturated carbocycles. The number of fused-ring (bicyclic) bond motifs is 1. The van der Waals surface area contributed by atoms with Crippen LogP contribution in [-0.4, -0.2) is 30.2 Å². The molecule has 0 radical (unpaired) electrons. The Labute approximate surface area is 116 Å². The van der Waals surface area contributed by atoms with E-state index in [-0.39, 0.29) is 10.6 Å². The molecule has 1 N–H and O–H groups in total. The average Bonchev–Trinajstić information content (AvgIpc) is 2.43. The summed E-state index contributed by atoms with van der Waals surface area (Å²) in [6.07, 6.45) is 2.43. The van der Waals surface area contributed by atoms with Gasteiger partial charge in [0, 0.05) is 49.3 Å². The summed E-state index contributed by atoms with van der Waals surface area (Å²) >= 11 is 0. The first-order chi connectivity index (χ1) is 9.63. The number of pyridine rings is 1. The molecular formula is C14H17N3O3. The lowest BCUT2D eigenvalue weighted by molar-refractivity contribution is -0.383. The number of anilines is 1. The van der Waals surface area contributed by atoms with Crippen LogP contribution in [0.1, 0.15) is 12.1 Å². The largest absolute Gasteiger partial charge is 0.385 e. The molecule has 0 fully saturated rings. The van der Waals surface area contributed by atoms with Crippen LogP contribution in [0.2, 0.25) is 0 Å². The molecule has 0 bridgehead atoms. The number of methoxy groups -OCH3 is 1. The molecule has 0 amide bonds. The highest BCUT2D eigenvalue weighted by molar-refractivity contribution is 5.99. The SMILES string of the molecule is COCCCNc1ccc([N+](=O)[O-])c2cnc(C)cc12. The van der Waals surface area contributed by atoms with Crippen LogP contribution in [0.3, 0.4) is 0 Å². The number of rotatable bonds is 6. The van der Waals surface area contributed by atoms with Crippen LogP contribution in [0.5, 0.6) is 0 Å². The van der Waals surface area contributed by atoms with Crippen LogP contribution < -0.4 is 5.32 Å². The number of benzene rings is 1. The predicted molar refractivity (Wildman–Crippen MR) is 78.1 cm³/mol. The third-order valence-electron chi connectivity index (χ3n) is 3.05. The van der Waals surface area contributed by atoms with Gasteiger partial charge in [0.05, 0.1) is 10.3 Å². The van der Waals surface area contributed by atoms with Crippen molar-refractivity contribution in [2.24, 2.45) is 0 Å². The minimum Gasteiger partial charge on any atom is -0.385 e. The van der Waals surface area contributed by atoms with Crippen molar-refractivity contribution < 1.29 is 9.66 Å². The van der Waals surface area contributed by atoms with Gasteiger partial charge in [0.1, 0.15) is 0 Å². The van der Waals surface area contributed by atoms with E-state index in [1.54, 1.807) is 19.4 Å². The lowest BCUT2D eigenvalue weighted by Crippen LogP contribution is -2.05. The molecule has 0 spiro atoms. The Hall–Kier alpha value is -2.21. The van der Waals surface area contributed by atoms with Crippen molar-refractivity contribution in [1.29, 1.82) is 0 Å². The van der Waals surface area contributed by atoms with Gasteiger partial charge in [-0.15, -0.1) is 0 Å². The lowest BCUT2D eigenvalue weighted by atomic mass is 10.1. The molecule has 20 heavy (non-hydrogen) atoms. The van der Waals surface area contributed by atoms with Crippen LogP contribution >= 0.6 is 0 Å². The second-order valence-electron chi connectivity index (χ2n) is 4.53. The van der Waals surface area contributed by atoms with E-state index in [1.807, 2.05) is 13.0 Å². The number of hydrogen-bond donors (Lipinski definition) is 1. The van der Waals surface area contributed by atoms with E-state index >= 15 is 0 Å². The lowest BCUT2D eigenvalue weighted by Gasteiger charge is -2.10. The summed E-state index contributed by atoms with van der Waals surface area (Å²) < 4.78 is 5.00. The number of nitrogens with zero attached hydrogens (tertiary/aromatic N) is 2. The predicted octanol–water partition coefficient (Wildman–Crippen LogP) is 2.90. The van der Waals surface area contributed by atoms with Gasteiger partial charge in [0.25, 0.3) is 5.69 Å². The minimum absolute atomic E-state index is 0.0786. The van der Waals surface area contributed by atoms with E-state index in [0.717, 1.165) is 29.7 Å². The number of nitro benzene ring substituents is 1. The molecule has 0 aliphatic rings. The molecule has 0 aliphatic heterocycles. The Morgan fingerprint density at radius 2 is 2.20 bits per heavy atom. The first-order valence-corrected chi connectivity index (χ1v) is 6.40. The van der Waals surface area contributed by atoms with E-state index in [9.17, 15) is 10.1 Å². The van der Waals surface area contributed by atoms with Crippen molar-refractivity contribution in [1.82, 2.24) is 4.98 Å². The number of non-ortho nitro benzene ring substituents is 1. The van der Waals surface area contributed by atoms with Crippen LogP contribution in [0, 0.1) is 17.0 Å². The number of nitro groups is 1. The normalized spacial score (nSPS) is 10.7. The summed E-state index contributed by atoms with van der Waals surface area (Å²) in [4.78, 5) is 14.8. The summed E-state index contributed by atoms with van der Waals surface area (Å²) in [5.74, 6) is 0. The fourth-order valence-electron chi connectivity index (χ4n) is 2.08. The Balaban J connectivity index is 2.37. The first-order valence-electron chi connectivity index (χ1n) is 6.40. The Morgan fingerprint density at radius 3 is 2.90 bits per heavy atom. The highest BCUT2D eigenvalue weighted by Gasteiger charge is 2.14. The Kier molecular flexibility index (Phi) is 4.47. The Morgan fingerprint density at radius 1 is 1.40 bits per heavy atom. The second-order valence-corrected chi connectivity index (χ2v) is 4.53. The first kappa shape index (κ1) is 14.2. The molecular weight excluding hydrogens is 258 g/mol. The fraction of sp³-hybridized carbons (Fsp3) is 0.357. The zero-order valence-electron chi connectivity index (χ0n) is 11.5. The molecule has 0 saturated heterocycles. The quantitative estimate of drug-likeness (QED) is 0.498. The van der Waals surface area contributed by atoms with Gasteiger partial charge >= 0.3 is 0 Å². The van der Waals surface area contributed by atoms with Gasteiger partial charge in [-0.25, -0.2) is 0 Å². The van der Waals surface area contributed by atoms with E-state index in [1.165, 1.54) is 6.07 Å². The summed E-state index contributed by atoms with van der Waals surface area (Å²) in [6.45, 7) is 3.30. The molecule has 6 nitrogen and oxygen atoms in total. The summed E-state index contributed by atoms with van der Waals surface area (Å²) in [6, 6.07) is 5.12. The van der Waals surface area contributed by atoms with Crippen LogP contribution in [-0.2, 0) is 4.74 Å². The van der Waals surface area contributed by atoms with E-state index in [0.29, 0.717) is 12.0 Å². The highest BCUT2D eigenvalue weighted by atomic mass is 16.6. The topological polar surface area (TPSA) is 77.3 Å². The van der Waals surface area contributed by atoms with Crippen LogP contribution in [0.25, 0.3) is 10.8 Å². The van der Waals surface area contributed by atoms with Gasteiger partial charge in [0.15, 0.2) is 0 Å². The molecule has 0 aliphatic carbocycles. The van der Waals surface area contributed by atoms with Crippen molar-refractivity contribution in [3.63, 3.8) is 0 Å². The third-order valence-corrected chi connectivity index (χ3v) is 3.05. The average molecular weight is 275 g/mol. The molecule has 1 aromatic carbocycles.